The van der Waals surface area contributed by atoms with Crippen LogP contribution in [0.3, 0.4) is 0 Å². The largest absolute Gasteiger partial charge is 0.348 e. The van der Waals surface area contributed by atoms with E-state index < -0.39 is 11.8 Å². The minimum absolute atomic E-state index is 0.435. The van der Waals surface area contributed by atoms with Gasteiger partial charge in [0, 0.05) is 35.6 Å². The van der Waals surface area contributed by atoms with Gasteiger partial charge in [-0.2, -0.15) is 0 Å². The van der Waals surface area contributed by atoms with Gasteiger partial charge >= 0.3 is 11.8 Å². The summed E-state index contributed by atoms with van der Waals surface area (Å²) in [5.41, 5.74) is 0.580. The van der Waals surface area contributed by atoms with Crippen LogP contribution in [-0.4, -0.2) is 27.9 Å². The minimum Gasteiger partial charge on any atom is -0.348 e. The quantitative estimate of drug-likeness (QED) is 0.637. The first-order valence-corrected chi connectivity index (χ1v) is 7.25. The Kier molecular flexibility index (Phi) is 5.51. The fourth-order valence-electron chi connectivity index (χ4n) is 1.68. The zero-order valence-electron chi connectivity index (χ0n) is 11.3. The van der Waals surface area contributed by atoms with Crippen molar-refractivity contribution in [2.24, 2.45) is 0 Å². The second-order valence-electron chi connectivity index (χ2n) is 4.37. The van der Waals surface area contributed by atoms with Gasteiger partial charge in [0.25, 0.3) is 0 Å². The normalized spacial score (nSPS) is 10.1. The number of halogens is 1. The van der Waals surface area contributed by atoms with Crippen molar-refractivity contribution in [3.05, 3.63) is 47.5 Å². The van der Waals surface area contributed by atoms with Crippen LogP contribution in [0.1, 0.15) is 6.42 Å². The summed E-state index contributed by atoms with van der Waals surface area (Å²) < 4.78 is 2.82. The fourth-order valence-corrected chi connectivity index (χ4v) is 1.95. The number of amides is 2. The summed E-state index contributed by atoms with van der Waals surface area (Å²) in [5, 5.41) is 5.12. The first-order valence-electron chi connectivity index (χ1n) is 6.45. The zero-order valence-corrected chi connectivity index (χ0v) is 12.8. The lowest BCUT2D eigenvalue weighted by Gasteiger charge is -2.07. The molecule has 0 aliphatic carbocycles. The third kappa shape index (κ3) is 5.03. The first kappa shape index (κ1) is 15.2. The second-order valence-corrected chi connectivity index (χ2v) is 5.29. The van der Waals surface area contributed by atoms with E-state index in [-0.39, 0.29) is 0 Å². The molecule has 0 bridgehead atoms. The van der Waals surface area contributed by atoms with E-state index in [1.165, 1.54) is 0 Å². The molecule has 110 valence electrons. The molecule has 0 aliphatic rings. The maximum Gasteiger partial charge on any atom is 0.313 e. The minimum atomic E-state index is -0.667. The maximum absolute atomic E-state index is 11.7. The Labute approximate surface area is 130 Å². The smallest absolute Gasteiger partial charge is 0.313 e. The van der Waals surface area contributed by atoms with Gasteiger partial charge in [0.15, 0.2) is 0 Å². The molecule has 0 aliphatic heterocycles. The molecule has 0 unspecified atom stereocenters. The third-order valence-electron chi connectivity index (χ3n) is 2.75. The number of aryl methyl sites for hydroxylation is 1. The van der Waals surface area contributed by atoms with Gasteiger partial charge in [-0.3, -0.25) is 9.59 Å². The SMILES string of the molecule is O=C(NCCCn1ccnc1)C(=O)Nc1ccc(Br)cc1. The van der Waals surface area contributed by atoms with Crippen LogP contribution >= 0.6 is 15.9 Å². The van der Waals surface area contributed by atoms with Crippen LogP contribution in [0.2, 0.25) is 0 Å². The van der Waals surface area contributed by atoms with Crippen molar-refractivity contribution in [2.75, 3.05) is 11.9 Å². The van der Waals surface area contributed by atoms with Crippen LogP contribution in [0.25, 0.3) is 0 Å². The van der Waals surface area contributed by atoms with E-state index in [1.807, 2.05) is 10.8 Å². The lowest BCUT2D eigenvalue weighted by molar-refractivity contribution is -0.136. The Morgan fingerprint density at radius 1 is 1.19 bits per heavy atom. The van der Waals surface area contributed by atoms with E-state index in [1.54, 1.807) is 36.8 Å². The standard InChI is InChI=1S/C14H15BrN4O2/c15-11-2-4-12(5-3-11)18-14(21)13(20)17-6-1-8-19-9-7-16-10-19/h2-5,7,9-10H,1,6,8H2,(H,17,20)(H,18,21). The number of carbonyl (C=O) groups excluding carboxylic acids is 2. The molecule has 2 amide bonds. The highest BCUT2D eigenvalue weighted by atomic mass is 79.9. The number of rotatable bonds is 5. The summed E-state index contributed by atoms with van der Waals surface area (Å²) in [4.78, 5) is 27.2. The van der Waals surface area contributed by atoms with Crippen molar-refractivity contribution in [1.29, 1.82) is 0 Å². The summed E-state index contributed by atoms with van der Waals surface area (Å²) >= 11 is 3.30. The van der Waals surface area contributed by atoms with Gasteiger partial charge in [-0.15, -0.1) is 0 Å². The Morgan fingerprint density at radius 2 is 1.95 bits per heavy atom. The van der Waals surface area contributed by atoms with Crippen molar-refractivity contribution in [3.8, 4) is 0 Å². The van der Waals surface area contributed by atoms with Crippen molar-refractivity contribution in [3.63, 3.8) is 0 Å². The molecule has 1 heterocycles. The molecule has 0 spiro atoms. The first-order chi connectivity index (χ1) is 10.1. The van der Waals surface area contributed by atoms with Gasteiger partial charge in [-0.05, 0) is 30.7 Å². The number of hydrogen-bond acceptors (Lipinski definition) is 3. The number of nitrogens with one attached hydrogen (secondary N) is 2. The zero-order chi connectivity index (χ0) is 15.1. The monoisotopic (exact) mass is 350 g/mol. The predicted molar refractivity (Wildman–Crippen MR) is 82.6 cm³/mol. The molecule has 0 atom stereocenters. The van der Waals surface area contributed by atoms with E-state index in [0.717, 1.165) is 17.4 Å². The van der Waals surface area contributed by atoms with Crippen molar-refractivity contribution in [1.82, 2.24) is 14.9 Å². The molecule has 0 saturated heterocycles. The Bertz CT molecular complexity index is 596. The van der Waals surface area contributed by atoms with Crippen molar-refractivity contribution < 1.29 is 9.59 Å². The number of benzene rings is 1. The highest BCUT2D eigenvalue weighted by Gasteiger charge is 2.12. The van der Waals surface area contributed by atoms with E-state index in [4.69, 9.17) is 0 Å². The molecule has 0 fully saturated rings. The summed E-state index contributed by atoms with van der Waals surface area (Å²) in [7, 11) is 0. The number of carbonyl (C=O) groups is 2. The fraction of sp³-hybridized carbons (Fsp3) is 0.214. The van der Waals surface area contributed by atoms with Crippen LogP contribution < -0.4 is 10.6 Å². The molecule has 1 aromatic carbocycles. The summed E-state index contributed by atoms with van der Waals surface area (Å²) in [6.45, 7) is 1.18. The summed E-state index contributed by atoms with van der Waals surface area (Å²) in [5.74, 6) is -1.30. The van der Waals surface area contributed by atoms with Crippen molar-refractivity contribution in [2.45, 2.75) is 13.0 Å². The van der Waals surface area contributed by atoms with Crippen LogP contribution in [0.5, 0.6) is 0 Å². The van der Waals surface area contributed by atoms with Crippen LogP contribution in [0, 0.1) is 0 Å². The Balaban J connectivity index is 1.70. The molecule has 21 heavy (non-hydrogen) atoms. The van der Waals surface area contributed by atoms with E-state index in [9.17, 15) is 9.59 Å². The van der Waals surface area contributed by atoms with Gasteiger partial charge in [0.2, 0.25) is 0 Å². The summed E-state index contributed by atoms with van der Waals surface area (Å²) in [6.07, 6.45) is 5.99. The average molecular weight is 351 g/mol. The molecule has 1 aromatic heterocycles. The van der Waals surface area contributed by atoms with Crippen molar-refractivity contribution >= 4 is 33.4 Å². The molecule has 2 N–H and O–H groups in total. The highest BCUT2D eigenvalue weighted by Crippen LogP contribution is 2.13. The van der Waals surface area contributed by atoms with Crippen LogP contribution in [0.15, 0.2) is 47.5 Å². The lowest BCUT2D eigenvalue weighted by atomic mass is 10.3. The molecule has 2 aromatic rings. The Morgan fingerprint density at radius 3 is 2.62 bits per heavy atom. The number of imidazole rings is 1. The highest BCUT2D eigenvalue weighted by molar-refractivity contribution is 9.10. The number of nitrogens with zero attached hydrogens (tertiary/aromatic N) is 2. The van der Waals surface area contributed by atoms with Gasteiger partial charge in [-0.25, -0.2) is 4.98 Å². The number of hydrogen-bond donors (Lipinski definition) is 2. The van der Waals surface area contributed by atoms with E-state index in [0.29, 0.717) is 12.2 Å². The van der Waals surface area contributed by atoms with Gasteiger partial charge in [0.05, 0.1) is 6.33 Å². The molecule has 7 heteroatoms. The van der Waals surface area contributed by atoms with E-state index >= 15 is 0 Å². The molecular weight excluding hydrogens is 336 g/mol. The van der Waals surface area contributed by atoms with E-state index in [2.05, 4.69) is 31.5 Å². The van der Waals surface area contributed by atoms with Crippen LogP contribution in [-0.2, 0) is 16.1 Å². The number of aromatic nitrogens is 2. The van der Waals surface area contributed by atoms with Gasteiger partial charge in [-0.1, -0.05) is 15.9 Å². The van der Waals surface area contributed by atoms with Crippen LogP contribution in [0.4, 0.5) is 5.69 Å². The van der Waals surface area contributed by atoms with Gasteiger partial charge < -0.3 is 15.2 Å². The molecule has 0 saturated carbocycles. The number of anilines is 1. The molecular formula is C14H15BrN4O2. The topological polar surface area (TPSA) is 76.0 Å². The molecule has 0 radical (unpaired) electrons. The Hall–Kier alpha value is -2.15. The third-order valence-corrected chi connectivity index (χ3v) is 3.27. The lowest BCUT2D eigenvalue weighted by Crippen LogP contribution is -2.36. The van der Waals surface area contributed by atoms with Gasteiger partial charge in [0.1, 0.15) is 0 Å². The predicted octanol–water partition coefficient (Wildman–Crippen LogP) is 1.79. The molecule has 2 rings (SSSR count). The summed E-state index contributed by atoms with van der Waals surface area (Å²) in [6, 6.07) is 7.01. The molecule has 6 nitrogen and oxygen atoms in total. The maximum atomic E-state index is 11.7. The average Bonchev–Trinajstić information content (AvgIpc) is 2.99. The second kappa shape index (κ2) is 7.58.